The number of alkyl halides is 3. The molecule has 2 rings (SSSR count). The molecule has 23 heavy (non-hydrogen) atoms. The van der Waals surface area contributed by atoms with E-state index in [-0.39, 0.29) is 11.6 Å². The molecule has 1 fully saturated rings. The van der Waals surface area contributed by atoms with Crippen LogP contribution in [-0.2, 0) is 16.0 Å². The van der Waals surface area contributed by atoms with Crippen molar-refractivity contribution in [2.75, 3.05) is 6.26 Å². The van der Waals surface area contributed by atoms with Gasteiger partial charge in [0.25, 0.3) is 5.91 Å². The molecule has 1 aliphatic carbocycles. The fraction of sp³-hybridized carbons (Fsp3) is 0.533. The maximum Gasteiger partial charge on any atom is 0.416 e. The highest BCUT2D eigenvalue weighted by Crippen LogP contribution is 2.29. The minimum atomic E-state index is -4.44. The fourth-order valence-electron chi connectivity index (χ4n) is 2.74. The quantitative estimate of drug-likeness (QED) is 0.913. The molecule has 0 radical (unpaired) electrons. The topological polar surface area (TPSA) is 63.2 Å². The van der Waals surface area contributed by atoms with Gasteiger partial charge in [-0.05, 0) is 43.5 Å². The van der Waals surface area contributed by atoms with E-state index in [0.717, 1.165) is 24.3 Å². The first-order chi connectivity index (χ1) is 10.6. The molecule has 0 aromatic heterocycles. The maximum atomic E-state index is 12.5. The number of carbonyl (C=O) groups is 1. The van der Waals surface area contributed by atoms with Gasteiger partial charge in [0.15, 0.2) is 0 Å². The Morgan fingerprint density at radius 3 is 2.30 bits per heavy atom. The van der Waals surface area contributed by atoms with Crippen molar-refractivity contribution in [2.24, 2.45) is 0 Å². The van der Waals surface area contributed by atoms with Crippen molar-refractivity contribution in [3.05, 3.63) is 35.4 Å². The number of amides is 1. The Labute approximate surface area is 133 Å². The van der Waals surface area contributed by atoms with Gasteiger partial charge in [-0.2, -0.15) is 13.2 Å². The predicted octanol–water partition coefficient (Wildman–Crippen LogP) is 2.79. The number of hydrogen-bond acceptors (Lipinski definition) is 3. The molecule has 2 atom stereocenters. The van der Waals surface area contributed by atoms with Crippen molar-refractivity contribution in [3.63, 3.8) is 0 Å². The second kappa shape index (κ2) is 6.51. The minimum absolute atomic E-state index is 0.125. The lowest BCUT2D eigenvalue weighted by atomic mass is 9.94. The Balaban J connectivity index is 2.01. The molecule has 1 saturated carbocycles. The molecule has 0 bridgehead atoms. The number of hydrogen-bond donors (Lipinski definition) is 1. The van der Waals surface area contributed by atoms with Gasteiger partial charge in [0, 0.05) is 17.9 Å². The van der Waals surface area contributed by atoms with Crippen molar-refractivity contribution in [3.8, 4) is 0 Å². The molecule has 1 aliphatic rings. The lowest BCUT2D eigenvalue weighted by molar-refractivity contribution is -0.137. The minimum Gasteiger partial charge on any atom is -0.349 e. The number of halogens is 3. The van der Waals surface area contributed by atoms with E-state index in [1.54, 1.807) is 0 Å². The molecule has 128 valence electrons. The van der Waals surface area contributed by atoms with Crippen molar-refractivity contribution in [1.29, 1.82) is 0 Å². The van der Waals surface area contributed by atoms with Crippen LogP contribution >= 0.6 is 0 Å². The Hall–Kier alpha value is -1.57. The first kappa shape index (κ1) is 17.8. The number of carbonyl (C=O) groups excluding carboxylic acids is 1. The molecular formula is C15H18F3NO3S. The van der Waals surface area contributed by atoms with Crippen LogP contribution in [0.1, 0.15) is 41.6 Å². The van der Waals surface area contributed by atoms with Gasteiger partial charge in [0.05, 0.1) is 10.8 Å². The summed E-state index contributed by atoms with van der Waals surface area (Å²) in [6.07, 6.45) is -0.996. The molecule has 1 N–H and O–H groups in total. The van der Waals surface area contributed by atoms with Gasteiger partial charge >= 0.3 is 6.18 Å². The van der Waals surface area contributed by atoms with Crippen LogP contribution in [-0.4, -0.2) is 31.9 Å². The molecule has 1 amide bonds. The standard InChI is InChI=1S/C15H18F3NO3S/c1-23(21,22)13-4-2-3-12(9-13)19-14(20)10-5-7-11(8-6-10)15(16,17)18/h5-8,12-13H,2-4,9H2,1H3,(H,19,20)/t12-,13+/m0/s1. The van der Waals surface area contributed by atoms with Gasteiger partial charge in [0.2, 0.25) is 0 Å². The molecule has 0 spiro atoms. The van der Waals surface area contributed by atoms with Crippen LogP contribution in [0.25, 0.3) is 0 Å². The number of nitrogens with one attached hydrogen (secondary N) is 1. The van der Waals surface area contributed by atoms with Gasteiger partial charge < -0.3 is 5.32 Å². The summed E-state index contributed by atoms with van der Waals surface area (Å²) in [7, 11) is -3.16. The zero-order chi connectivity index (χ0) is 17.3. The molecular weight excluding hydrogens is 331 g/mol. The Kier molecular flexibility index (Phi) is 5.03. The molecule has 1 aromatic rings. The van der Waals surface area contributed by atoms with E-state index in [9.17, 15) is 26.4 Å². The summed E-state index contributed by atoms with van der Waals surface area (Å²) in [6.45, 7) is 0. The van der Waals surface area contributed by atoms with Crippen LogP contribution in [0.15, 0.2) is 24.3 Å². The third-order valence-corrected chi connectivity index (χ3v) is 5.68. The third-order valence-electron chi connectivity index (χ3n) is 4.04. The van der Waals surface area contributed by atoms with Gasteiger partial charge in [-0.3, -0.25) is 4.79 Å². The summed E-state index contributed by atoms with van der Waals surface area (Å²) in [5.74, 6) is -0.488. The smallest absolute Gasteiger partial charge is 0.349 e. The Morgan fingerprint density at radius 2 is 1.78 bits per heavy atom. The predicted molar refractivity (Wildman–Crippen MR) is 79.8 cm³/mol. The summed E-state index contributed by atoms with van der Waals surface area (Å²) in [5.41, 5.74) is -0.691. The highest BCUT2D eigenvalue weighted by atomic mass is 32.2. The highest BCUT2D eigenvalue weighted by Gasteiger charge is 2.31. The molecule has 1 aromatic carbocycles. The van der Waals surface area contributed by atoms with E-state index in [0.29, 0.717) is 25.7 Å². The summed E-state index contributed by atoms with van der Waals surface area (Å²) in [5, 5.41) is 2.23. The number of sulfone groups is 1. The summed E-state index contributed by atoms with van der Waals surface area (Å²) < 4.78 is 60.7. The largest absolute Gasteiger partial charge is 0.416 e. The monoisotopic (exact) mass is 349 g/mol. The van der Waals surface area contributed by atoms with Crippen LogP contribution < -0.4 is 5.32 Å². The van der Waals surface area contributed by atoms with Crippen molar-refractivity contribution in [2.45, 2.75) is 43.2 Å². The van der Waals surface area contributed by atoms with Gasteiger partial charge in [-0.25, -0.2) is 8.42 Å². The van der Waals surface area contributed by atoms with E-state index >= 15 is 0 Å². The van der Waals surface area contributed by atoms with Gasteiger partial charge in [-0.15, -0.1) is 0 Å². The second-order valence-corrected chi connectivity index (χ2v) is 8.19. The number of benzene rings is 1. The first-order valence-corrected chi connectivity index (χ1v) is 9.20. The molecule has 4 nitrogen and oxygen atoms in total. The number of rotatable bonds is 3. The van der Waals surface area contributed by atoms with Crippen LogP contribution in [0.5, 0.6) is 0 Å². The summed E-state index contributed by atoms with van der Waals surface area (Å²) in [6, 6.07) is 3.67. The SMILES string of the molecule is CS(=O)(=O)[C@@H]1CCC[C@H](NC(=O)c2ccc(C(F)(F)F)cc2)C1. The highest BCUT2D eigenvalue weighted by molar-refractivity contribution is 7.91. The van der Waals surface area contributed by atoms with Crippen LogP contribution in [0.2, 0.25) is 0 Å². The molecule has 0 heterocycles. The van der Waals surface area contributed by atoms with Crippen LogP contribution in [0, 0.1) is 0 Å². The van der Waals surface area contributed by atoms with E-state index in [4.69, 9.17) is 0 Å². The fourth-order valence-corrected chi connectivity index (χ4v) is 3.92. The van der Waals surface area contributed by atoms with E-state index < -0.39 is 32.7 Å². The summed E-state index contributed by atoms with van der Waals surface area (Å²) >= 11 is 0. The Bertz CT molecular complexity index is 668. The normalized spacial score (nSPS) is 22.6. The Morgan fingerprint density at radius 1 is 1.17 bits per heavy atom. The van der Waals surface area contributed by atoms with Crippen molar-refractivity contribution in [1.82, 2.24) is 5.32 Å². The average Bonchev–Trinajstić information content (AvgIpc) is 2.46. The third kappa shape index (κ3) is 4.70. The zero-order valence-electron chi connectivity index (χ0n) is 12.6. The van der Waals surface area contributed by atoms with E-state index in [1.807, 2.05) is 0 Å². The average molecular weight is 349 g/mol. The first-order valence-electron chi connectivity index (χ1n) is 7.24. The maximum absolute atomic E-state index is 12.5. The van der Waals surface area contributed by atoms with Gasteiger partial charge in [0.1, 0.15) is 9.84 Å². The van der Waals surface area contributed by atoms with Crippen LogP contribution in [0.4, 0.5) is 13.2 Å². The molecule has 0 unspecified atom stereocenters. The summed E-state index contributed by atoms with van der Waals surface area (Å²) in [4.78, 5) is 12.1. The lowest BCUT2D eigenvalue weighted by Gasteiger charge is -2.28. The zero-order valence-corrected chi connectivity index (χ0v) is 13.4. The van der Waals surface area contributed by atoms with E-state index in [2.05, 4.69) is 5.32 Å². The molecule has 8 heteroatoms. The van der Waals surface area contributed by atoms with Gasteiger partial charge in [-0.1, -0.05) is 6.42 Å². The van der Waals surface area contributed by atoms with Crippen molar-refractivity contribution < 1.29 is 26.4 Å². The van der Waals surface area contributed by atoms with E-state index in [1.165, 1.54) is 6.26 Å². The van der Waals surface area contributed by atoms with Crippen LogP contribution in [0.3, 0.4) is 0 Å². The molecule has 0 saturated heterocycles. The second-order valence-electron chi connectivity index (χ2n) is 5.86. The lowest BCUT2D eigenvalue weighted by Crippen LogP contribution is -2.41. The van der Waals surface area contributed by atoms with Crippen molar-refractivity contribution >= 4 is 15.7 Å². The molecule has 0 aliphatic heterocycles.